The van der Waals surface area contributed by atoms with Crippen LogP contribution in [-0.2, 0) is 13.1 Å². The van der Waals surface area contributed by atoms with Gasteiger partial charge in [0.25, 0.3) is 0 Å². The van der Waals surface area contributed by atoms with E-state index in [0.717, 1.165) is 23.4 Å². The number of aliphatic imine (C=N–C) groups is 1. The molecule has 1 aliphatic rings. The fourth-order valence-corrected chi connectivity index (χ4v) is 4.02. The van der Waals surface area contributed by atoms with Crippen LogP contribution in [0.5, 0.6) is 0 Å². The molecule has 3 rings (SSSR count). The third kappa shape index (κ3) is 7.31. The molecule has 0 radical (unpaired) electrons. The van der Waals surface area contributed by atoms with E-state index in [4.69, 9.17) is 11.5 Å². The monoisotopic (exact) mass is 423 g/mol. The number of carbonyl (C=O) groups excluding carboxylic acids is 1. The maximum atomic E-state index is 13.4. The van der Waals surface area contributed by atoms with Gasteiger partial charge >= 0.3 is 6.03 Å². The van der Waals surface area contributed by atoms with E-state index in [1.54, 1.807) is 4.90 Å². The van der Waals surface area contributed by atoms with Gasteiger partial charge in [-0.1, -0.05) is 69.2 Å². The number of nitrogens with zero attached hydrogens (tertiary/aromatic N) is 3. The van der Waals surface area contributed by atoms with Gasteiger partial charge in [0.2, 0.25) is 0 Å². The summed E-state index contributed by atoms with van der Waals surface area (Å²) in [6, 6.07) is 18.0. The van der Waals surface area contributed by atoms with Crippen LogP contribution in [0.2, 0.25) is 0 Å². The topological polar surface area (TPSA) is 88.0 Å². The minimum absolute atomic E-state index is 0. The average molecular weight is 424 g/mol. The van der Waals surface area contributed by atoms with Crippen molar-refractivity contribution in [3.8, 4) is 0 Å². The van der Waals surface area contributed by atoms with Gasteiger partial charge in [-0.3, -0.25) is 4.90 Å². The van der Waals surface area contributed by atoms with Gasteiger partial charge in [-0.2, -0.15) is 0 Å². The van der Waals surface area contributed by atoms with E-state index >= 15 is 0 Å². The van der Waals surface area contributed by atoms with Crippen LogP contribution in [0.25, 0.3) is 0 Å². The van der Waals surface area contributed by atoms with Crippen molar-refractivity contribution in [3.63, 3.8) is 0 Å². The second-order valence-electron chi connectivity index (χ2n) is 8.12. The molecule has 0 aliphatic heterocycles. The number of urea groups is 1. The summed E-state index contributed by atoms with van der Waals surface area (Å²) in [5.41, 5.74) is 13.9. The normalized spacial score (nSPS) is 13.7. The molecule has 0 bridgehead atoms. The highest BCUT2D eigenvalue weighted by Gasteiger charge is 2.24. The Morgan fingerprint density at radius 2 is 1.58 bits per heavy atom. The molecule has 1 aliphatic carbocycles. The fourth-order valence-electron chi connectivity index (χ4n) is 4.02. The first-order chi connectivity index (χ1) is 14.5. The molecule has 4 N–H and O–H groups in total. The Morgan fingerprint density at radius 1 is 0.968 bits per heavy atom. The Morgan fingerprint density at radius 3 is 2.19 bits per heavy atom. The lowest BCUT2D eigenvalue weighted by Crippen LogP contribution is -2.43. The number of hydrogen-bond donors (Lipinski definition) is 2. The van der Waals surface area contributed by atoms with Gasteiger partial charge in [-0.25, -0.2) is 9.79 Å². The van der Waals surface area contributed by atoms with E-state index in [-0.39, 0.29) is 19.4 Å². The number of hydrogen-bond acceptors (Lipinski definition) is 2. The quantitative estimate of drug-likeness (QED) is 0.498. The van der Waals surface area contributed by atoms with Gasteiger partial charge in [0.05, 0.1) is 6.54 Å². The van der Waals surface area contributed by atoms with Crippen molar-refractivity contribution in [1.29, 1.82) is 0 Å². The predicted octanol–water partition coefficient (Wildman–Crippen LogP) is 4.73. The van der Waals surface area contributed by atoms with Crippen LogP contribution < -0.4 is 16.4 Å². The van der Waals surface area contributed by atoms with Crippen molar-refractivity contribution in [2.75, 3.05) is 18.5 Å². The zero-order chi connectivity index (χ0) is 21.3. The third-order valence-corrected chi connectivity index (χ3v) is 5.74. The standard InChI is InChI=1S/C24H33N5O.CH4/c1-28(22-10-6-3-7-11-22)24(30)29(17-20-8-4-2-5-9-20)18-21-14-12-19(13-15-21)16-27-23(25)26;/h3,6-7,10-15,20H,2,4-5,8-9,16-18H2,1H3,(H4,25,26,27);1H4. The van der Waals surface area contributed by atoms with Crippen LogP contribution in [0.15, 0.2) is 59.6 Å². The van der Waals surface area contributed by atoms with Crippen LogP contribution in [-0.4, -0.2) is 30.5 Å². The zero-order valence-corrected chi connectivity index (χ0v) is 17.8. The Labute approximate surface area is 186 Å². The first kappa shape index (κ1) is 24.3. The molecule has 0 heterocycles. The van der Waals surface area contributed by atoms with Crippen molar-refractivity contribution < 1.29 is 4.79 Å². The lowest BCUT2D eigenvalue weighted by Gasteiger charge is -2.33. The van der Waals surface area contributed by atoms with Crippen LogP contribution in [0.4, 0.5) is 10.5 Å². The highest BCUT2D eigenvalue weighted by molar-refractivity contribution is 5.91. The summed E-state index contributed by atoms with van der Waals surface area (Å²) in [7, 11) is 1.85. The van der Waals surface area contributed by atoms with Gasteiger partial charge in [0.15, 0.2) is 5.96 Å². The summed E-state index contributed by atoms with van der Waals surface area (Å²) in [5, 5.41) is 0. The van der Waals surface area contributed by atoms with E-state index in [0.29, 0.717) is 19.0 Å². The van der Waals surface area contributed by atoms with Gasteiger partial charge in [0.1, 0.15) is 0 Å². The SMILES string of the molecule is C.CN(C(=O)N(Cc1ccc(CN=C(N)N)cc1)CC1CCCCC1)c1ccccc1. The fraction of sp³-hybridized carbons (Fsp3) is 0.440. The van der Waals surface area contributed by atoms with Crippen LogP contribution in [0, 0.1) is 5.92 Å². The van der Waals surface area contributed by atoms with E-state index in [1.807, 2.05) is 54.4 Å². The van der Waals surface area contributed by atoms with Crippen molar-refractivity contribution in [1.82, 2.24) is 4.90 Å². The highest BCUT2D eigenvalue weighted by Crippen LogP contribution is 2.26. The van der Waals surface area contributed by atoms with E-state index in [1.165, 1.54) is 32.1 Å². The van der Waals surface area contributed by atoms with Gasteiger partial charge in [-0.05, 0) is 42.0 Å². The summed E-state index contributed by atoms with van der Waals surface area (Å²) in [6.45, 7) is 1.85. The molecule has 2 aromatic carbocycles. The maximum absolute atomic E-state index is 13.4. The van der Waals surface area contributed by atoms with Gasteiger partial charge in [0, 0.05) is 25.8 Å². The Kier molecular flexibility index (Phi) is 9.38. The summed E-state index contributed by atoms with van der Waals surface area (Å²) in [6.07, 6.45) is 6.25. The van der Waals surface area contributed by atoms with Crippen molar-refractivity contribution in [3.05, 3.63) is 65.7 Å². The molecule has 1 fully saturated rings. The smallest absolute Gasteiger partial charge is 0.324 e. The largest absolute Gasteiger partial charge is 0.370 e. The van der Waals surface area contributed by atoms with Crippen molar-refractivity contribution in [2.45, 2.75) is 52.6 Å². The van der Waals surface area contributed by atoms with Crippen LogP contribution >= 0.6 is 0 Å². The second-order valence-corrected chi connectivity index (χ2v) is 8.12. The molecule has 0 atom stereocenters. The first-order valence-electron chi connectivity index (χ1n) is 10.7. The number of anilines is 1. The molecule has 0 saturated heterocycles. The minimum Gasteiger partial charge on any atom is -0.370 e. The molecule has 0 unspecified atom stereocenters. The van der Waals surface area contributed by atoms with Crippen LogP contribution in [0.1, 0.15) is 50.7 Å². The minimum atomic E-state index is 0. The Balaban J connectivity index is 0.00000341. The molecule has 2 aromatic rings. The highest BCUT2D eigenvalue weighted by atomic mass is 16.2. The number of nitrogens with two attached hydrogens (primary N) is 2. The molecule has 0 spiro atoms. The molecule has 2 amide bonds. The number of carbonyl (C=O) groups is 1. The van der Waals surface area contributed by atoms with E-state index < -0.39 is 0 Å². The van der Waals surface area contributed by atoms with Crippen molar-refractivity contribution >= 4 is 17.7 Å². The first-order valence-corrected chi connectivity index (χ1v) is 10.7. The maximum Gasteiger partial charge on any atom is 0.324 e. The molecule has 6 nitrogen and oxygen atoms in total. The van der Waals surface area contributed by atoms with Crippen LogP contribution in [0.3, 0.4) is 0 Å². The number of amides is 2. The molecular weight excluding hydrogens is 386 g/mol. The molecule has 0 aromatic heterocycles. The average Bonchev–Trinajstić information content (AvgIpc) is 2.78. The van der Waals surface area contributed by atoms with Gasteiger partial charge < -0.3 is 16.4 Å². The molecule has 31 heavy (non-hydrogen) atoms. The summed E-state index contributed by atoms with van der Waals surface area (Å²) >= 11 is 0. The number of guanidine groups is 1. The molecule has 6 heteroatoms. The molecular formula is C25H37N5O. The predicted molar refractivity (Wildman–Crippen MR) is 130 cm³/mol. The summed E-state index contributed by atoms with van der Waals surface area (Å²) in [5.74, 6) is 0.667. The lowest BCUT2D eigenvalue weighted by atomic mass is 9.89. The Hall–Kier alpha value is -3.02. The van der Waals surface area contributed by atoms with Crippen molar-refractivity contribution in [2.24, 2.45) is 22.4 Å². The number of benzene rings is 2. The van der Waals surface area contributed by atoms with E-state index in [2.05, 4.69) is 17.1 Å². The number of para-hydroxylation sites is 1. The Bertz CT molecular complexity index is 825. The zero-order valence-electron chi connectivity index (χ0n) is 17.8. The van der Waals surface area contributed by atoms with E-state index in [9.17, 15) is 4.79 Å². The summed E-state index contributed by atoms with van der Waals surface area (Å²) in [4.78, 5) is 21.2. The second kappa shape index (κ2) is 12.0. The van der Waals surface area contributed by atoms with Gasteiger partial charge in [-0.15, -0.1) is 0 Å². The lowest BCUT2D eigenvalue weighted by molar-refractivity contribution is 0.182. The number of rotatable bonds is 7. The summed E-state index contributed by atoms with van der Waals surface area (Å²) < 4.78 is 0. The molecule has 168 valence electrons. The molecule has 1 saturated carbocycles. The third-order valence-electron chi connectivity index (χ3n) is 5.74.